The predicted molar refractivity (Wildman–Crippen MR) is 109 cm³/mol. The molecule has 0 saturated heterocycles. The lowest BCUT2D eigenvalue weighted by molar-refractivity contribution is 0.0941. The molecule has 154 valence electrons. The van der Waals surface area contributed by atoms with Gasteiger partial charge in [0.1, 0.15) is 12.4 Å². The van der Waals surface area contributed by atoms with Crippen LogP contribution >= 0.6 is 0 Å². The van der Waals surface area contributed by atoms with Crippen molar-refractivity contribution in [1.29, 1.82) is 0 Å². The highest BCUT2D eigenvalue weighted by molar-refractivity contribution is 5.92. The molecule has 30 heavy (non-hydrogen) atoms. The largest absolute Gasteiger partial charge is 0.484 e. The number of imidazole rings is 1. The Balaban J connectivity index is 1.37. The van der Waals surface area contributed by atoms with E-state index < -0.39 is 0 Å². The molecule has 0 saturated carbocycles. The van der Waals surface area contributed by atoms with Crippen LogP contribution in [0, 0.1) is 6.92 Å². The van der Waals surface area contributed by atoms with Gasteiger partial charge in [-0.15, -0.1) is 0 Å². The number of rotatable bonds is 6. The van der Waals surface area contributed by atoms with E-state index in [0.717, 1.165) is 22.3 Å². The lowest BCUT2D eigenvalue weighted by Crippen LogP contribution is -2.23. The van der Waals surface area contributed by atoms with Crippen molar-refractivity contribution < 1.29 is 14.1 Å². The third kappa shape index (κ3) is 3.82. The Labute approximate surface area is 171 Å². The summed E-state index contributed by atoms with van der Waals surface area (Å²) in [5.74, 6) is 0.680. The van der Waals surface area contributed by atoms with Gasteiger partial charge in [-0.2, -0.15) is 0 Å². The van der Waals surface area contributed by atoms with Crippen LogP contribution in [0.4, 0.5) is 0 Å². The maximum absolute atomic E-state index is 12.4. The highest BCUT2D eigenvalue weighted by Gasteiger charge is 2.14. The highest BCUT2D eigenvalue weighted by Crippen LogP contribution is 2.15. The zero-order chi connectivity index (χ0) is 21.3. The third-order valence-corrected chi connectivity index (χ3v) is 4.85. The molecule has 4 aromatic rings. The van der Waals surface area contributed by atoms with Gasteiger partial charge in [0.05, 0.1) is 17.2 Å². The van der Waals surface area contributed by atoms with Crippen LogP contribution in [0.5, 0.6) is 5.75 Å². The maximum atomic E-state index is 12.4. The second-order valence-corrected chi connectivity index (χ2v) is 7.01. The Bertz CT molecular complexity index is 1270. The van der Waals surface area contributed by atoms with Crippen molar-refractivity contribution in [2.45, 2.75) is 20.1 Å². The molecule has 0 fully saturated rings. The number of aryl methyl sites for hydroxylation is 3. The monoisotopic (exact) mass is 407 g/mol. The predicted octanol–water partition coefficient (Wildman–Crippen LogP) is 2.08. The van der Waals surface area contributed by atoms with Crippen LogP contribution < -0.4 is 15.7 Å². The molecule has 1 N–H and O–H groups in total. The smallest absolute Gasteiger partial charge is 0.328 e. The fourth-order valence-electron chi connectivity index (χ4n) is 3.12. The summed E-state index contributed by atoms with van der Waals surface area (Å²) in [6, 6.07) is 10.8. The highest BCUT2D eigenvalue weighted by atomic mass is 16.5. The van der Waals surface area contributed by atoms with Crippen LogP contribution in [0.15, 0.2) is 51.9 Å². The first-order valence-electron chi connectivity index (χ1n) is 9.36. The molecule has 9 nitrogen and oxygen atoms in total. The summed E-state index contributed by atoms with van der Waals surface area (Å²) in [4.78, 5) is 28.6. The van der Waals surface area contributed by atoms with Crippen LogP contribution in [0.25, 0.3) is 11.0 Å². The van der Waals surface area contributed by atoms with E-state index in [1.807, 2.05) is 37.3 Å². The van der Waals surface area contributed by atoms with E-state index in [9.17, 15) is 9.59 Å². The first-order chi connectivity index (χ1) is 14.4. The van der Waals surface area contributed by atoms with Gasteiger partial charge >= 0.3 is 5.69 Å². The molecular formula is C21H21N5O4. The van der Waals surface area contributed by atoms with Gasteiger partial charge in [-0.05, 0) is 36.8 Å². The van der Waals surface area contributed by atoms with E-state index in [2.05, 4.69) is 15.5 Å². The number of pyridine rings is 1. The Morgan fingerprint density at radius 2 is 1.93 bits per heavy atom. The van der Waals surface area contributed by atoms with Gasteiger partial charge in [-0.1, -0.05) is 11.2 Å². The molecule has 0 aliphatic rings. The summed E-state index contributed by atoms with van der Waals surface area (Å²) in [6.45, 7) is 2.33. The number of aromatic nitrogens is 4. The van der Waals surface area contributed by atoms with E-state index in [-0.39, 0.29) is 23.9 Å². The van der Waals surface area contributed by atoms with E-state index in [1.165, 1.54) is 0 Å². The number of carbonyl (C=O) groups is 1. The van der Waals surface area contributed by atoms with E-state index >= 15 is 0 Å². The molecule has 0 atom stereocenters. The number of fused-ring (bicyclic) bond motifs is 1. The number of carbonyl (C=O) groups excluding carboxylic acids is 1. The third-order valence-electron chi connectivity index (χ3n) is 4.85. The zero-order valence-electron chi connectivity index (χ0n) is 16.9. The van der Waals surface area contributed by atoms with E-state index in [1.54, 1.807) is 35.5 Å². The number of nitrogens with one attached hydrogen (secondary N) is 1. The average Bonchev–Trinajstić information content (AvgIpc) is 3.31. The number of hydrogen-bond donors (Lipinski definition) is 1. The van der Waals surface area contributed by atoms with Gasteiger partial charge in [-0.3, -0.25) is 18.9 Å². The van der Waals surface area contributed by atoms with E-state index in [4.69, 9.17) is 9.26 Å². The topological polar surface area (TPSA) is 104 Å². The van der Waals surface area contributed by atoms with Crippen LogP contribution in [0.2, 0.25) is 0 Å². The minimum Gasteiger partial charge on any atom is -0.484 e. The van der Waals surface area contributed by atoms with Crippen molar-refractivity contribution in [3.8, 4) is 5.75 Å². The van der Waals surface area contributed by atoms with Crippen molar-refractivity contribution >= 4 is 16.9 Å². The average molecular weight is 407 g/mol. The van der Waals surface area contributed by atoms with Crippen LogP contribution in [0.1, 0.15) is 27.5 Å². The van der Waals surface area contributed by atoms with Crippen LogP contribution in [0.3, 0.4) is 0 Å². The second-order valence-electron chi connectivity index (χ2n) is 7.01. The summed E-state index contributed by atoms with van der Waals surface area (Å²) in [5.41, 5.74) is 3.49. The van der Waals surface area contributed by atoms with Crippen LogP contribution in [-0.2, 0) is 27.2 Å². The van der Waals surface area contributed by atoms with Gasteiger partial charge in [-0.25, -0.2) is 4.79 Å². The number of benzene rings is 1. The Morgan fingerprint density at radius 1 is 1.13 bits per heavy atom. The van der Waals surface area contributed by atoms with Gasteiger partial charge < -0.3 is 14.6 Å². The number of hydrogen-bond acceptors (Lipinski definition) is 6. The molecule has 3 aromatic heterocycles. The Morgan fingerprint density at radius 3 is 2.70 bits per heavy atom. The Hall–Kier alpha value is -3.88. The lowest BCUT2D eigenvalue weighted by Gasteiger charge is -2.04. The molecule has 0 spiro atoms. The molecule has 1 amide bonds. The second kappa shape index (κ2) is 7.86. The molecular weight excluding hydrogens is 386 g/mol. The maximum Gasteiger partial charge on any atom is 0.328 e. The van der Waals surface area contributed by atoms with E-state index in [0.29, 0.717) is 18.1 Å². The SMILES string of the molecule is Cc1ccc(OCc2cc(C(=O)NCc3ccc4c(c3)n(C)c(=O)n4C)no2)cn1. The van der Waals surface area contributed by atoms with Crippen molar-refractivity contribution in [2.24, 2.45) is 14.1 Å². The first kappa shape index (κ1) is 19.4. The molecule has 0 radical (unpaired) electrons. The first-order valence-corrected chi connectivity index (χ1v) is 9.36. The molecule has 9 heteroatoms. The molecule has 3 heterocycles. The minimum absolute atomic E-state index is 0.0926. The molecule has 0 bridgehead atoms. The normalized spacial score (nSPS) is 11.0. The van der Waals surface area contributed by atoms with Crippen molar-refractivity contribution in [3.05, 3.63) is 75.8 Å². The number of amides is 1. The molecule has 0 aliphatic carbocycles. The number of nitrogens with zero attached hydrogens (tertiary/aromatic N) is 4. The van der Waals surface area contributed by atoms with Crippen molar-refractivity contribution in [3.63, 3.8) is 0 Å². The lowest BCUT2D eigenvalue weighted by atomic mass is 10.2. The minimum atomic E-state index is -0.357. The Kier molecular flexibility index (Phi) is 5.09. The summed E-state index contributed by atoms with van der Waals surface area (Å²) in [5, 5.41) is 6.61. The summed E-state index contributed by atoms with van der Waals surface area (Å²) in [6.07, 6.45) is 1.62. The molecule has 4 rings (SSSR count). The quantitative estimate of drug-likeness (QED) is 0.525. The molecule has 1 aromatic carbocycles. The van der Waals surface area contributed by atoms with Crippen molar-refractivity contribution in [1.82, 2.24) is 24.6 Å². The summed E-state index contributed by atoms with van der Waals surface area (Å²) >= 11 is 0. The molecule has 0 aliphatic heterocycles. The fraction of sp³-hybridized carbons (Fsp3) is 0.238. The zero-order valence-corrected chi connectivity index (χ0v) is 16.9. The molecule has 0 unspecified atom stereocenters. The van der Waals surface area contributed by atoms with Gasteiger partial charge in [0.2, 0.25) is 0 Å². The van der Waals surface area contributed by atoms with Gasteiger partial charge in [0.15, 0.2) is 11.5 Å². The fourth-order valence-corrected chi connectivity index (χ4v) is 3.12. The van der Waals surface area contributed by atoms with Gasteiger partial charge in [0, 0.05) is 32.4 Å². The number of ether oxygens (including phenoxy) is 1. The van der Waals surface area contributed by atoms with Crippen molar-refractivity contribution in [2.75, 3.05) is 0 Å². The summed E-state index contributed by atoms with van der Waals surface area (Å²) in [7, 11) is 3.45. The van der Waals surface area contributed by atoms with Crippen LogP contribution in [-0.4, -0.2) is 25.2 Å². The van der Waals surface area contributed by atoms with Gasteiger partial charge in [0.25, 0.3) is 5.91 Å². The standard InChI is InChI=1S/C21H21N5O4/c1-13-4-6-15(11-22-13)29-12-16-9-17(24-30-16)20(27)23-10-14-5-7-18-19(8-14)26(3)21(28)25(18)2/h4-9,11H,10,12H2,1-3H3,(H,23,27). The summed E-state index contributed by atoms with van der Waals surface area (Å²) < 4.78 is 13.9.